The summed E-state index contributed by atoms with van der Waals surface area (Å²) in [5, 5.41) is 11.3. The lowest BCUT2D eigenvalue weighted by atomic mass is 9.94. The number of piperidine rings is 1. The van der Waals surface area contributed by atoms with E-state index in [1.54, 1.807) is 16.8 Å². The molecule has 1 aromatic heterocycles. The van der Waals surface area contributed by atoms with Gasteiger partial charge in [0, 0.05) is 32.1 Å². The zero-order chi connectivity index (χ0) is 22.1. The molecule has 1 saturated heterocycles. The first kappa shape index (κ1) is 21.7. The van der Waals surface area contributed by atoms with E-state index in [-0.39, 0.29) is 17.5 Å². The smallest absolute Gasteiger partial charge is 0.416 e. The number of carbonyl (C=O) groups excluding carboxylic acids is 1. The molecule has 0 radical (unpaired) electrons. The standard InChI is InChI=1S/C20H22F3N3O4/c1-13-3-5-16(30-13)12-24(2)19(27)14-7-9-25(10-8-14)17-6-4-15(20(21,22)23)11-18(17)26(28)29/h3-6,11,14H,7-10,12H2,1-2H3. The number of rotatable bonds is 5. The van der Waals surface area contributed by atoms with Crippen molar-refractivity contribution in [1.29, 1.82) is 0 Å². The number of nitro groups is 1. The molecule has 1 aliphatic heterocycles. The molecular weight excluding hydrogens is 403 g/mol. The minimum absolute atomic E-state index is 0.0503. The van der Waals surface area contributed by atoms with Crippen LogP contribution in [0.3, 0.4) is 0 Å². The molecule has 0 unspecified atom stereocenters. The van der Waals surface area contributed by atoms with Gasteiger partial charge in [-0.25, -0.2) is 0 Å². The Bertz CT molecular complexity index is 934. The number of nitro benzene ring substituents is 1. The first-order valence-corrected chi connectivity index (χ1v) is 9.47. The van der Waals surface area contributed by atoms with E-state index >= 15 is 0 Å². The highest BCUT2D eigenvalue weighted by Gasteiger charge is 2.35. The van der Waals surface area contributed by atoms with Crippen LogP contribution in [0.4, 0.5) is 24.5 Å². The van der Waals surface area contributed by atoms with Crippen LogP contribution in [-0.2, 0) is 17.5 Å². The lowest BCUT2D eigenvalue weighted by Gasteiger charge is -2.34. The molecular formula is C20H22F3N3O4. The SMILES string of the molecule is Cc1ccc(CN(C)C(=O)C2CCN(c3ccc(C(F)(F)F)cc3[N+](=O)[O-])CC2)o1. The molecule has 162 valence electrons. The minimum Gasteiger partial charge on any atom is -0.464 e. The summed E-state index contributed by atoms with van der Waals surface area (Å²) in [4.78, 5) is 26.5. The summed E-state index contributed by atoms with van der Waals surface area (Å²) < 4.78 is 44.2. The van der Waals surface area contributed by atoms with Crippen LogP contribution in [-0.4, -0.2) is 35.9 Å². The van der Waals surface area contributed by atoms with E-state index in [0.29, 0.717) is 44.3 Å². The molecule has 0 bridgehead atoms. The third-order valence-corrected chi connectivity index (χ3v) is 5.25. The quantitative estimate of drug-likeness (QED) is 0.524. The van der Waals surface area contributed by atoms with Crippen LogP contribution in [0.25, 0.3) is 0 Å². The van der Waals surface area contributed by atoms with E-state index in [9.17, 15) is 28.1 Å². The van der Waals surface area contributed by atoms with Gasteiger partial charge in [-0.1, -0.05) is 0 Å². The largest absolute Gasteiger partial charge is 0.464 e. The summed E-state index contributed by atoms with van der Waals surface area (Å²) in [6.45, 7) is 2.85. The Balaban J connectivity index is 1.66. The van der Waals surface area contributed by atoms with Crippen molar-refractivity contribution in [1.82, 2.24) is 4.90 Å². The van der Waals surface area contributed by atoms with Crippen molar-refractivity contribution in [3.8, 4) is 0 Å². The number of nitrogens with zero attached hydrogens (tertiary/aromatic N) is 3. The molecule has 7 nitrogen and oxygen atoms in total. The van der Waals surface area contributed by atoms with Crippen LogP contribution in [0.15, 0.2) is 34.7 Å². The second-order valence-electron chi connectivity index (χ2n) is 7.43. The number of alkyl halides is 3. The molecule has 3 rings (SSSR count). The number of hydrogen-bond acceptors (Lipinski definition) is 5. The number of hydrogen-bond donors (Lipinski definition) is 0. The highest BCUT2D eigenvalue weighted by Crippen LogP contribution is 2.37. The van der Waals surface area contributed by atoms with Gasteiger partial charge >= 0.3 is 6.18 Å². The Morgan fingerprint density at radius 1 is 1.27 bits per heavy atom. The molecule has 0 spiro atoms. The van der Waals surface area contributed by atoms with Gasteiger partial charge in [-0.2, -0.15) is 13.2 Å². The fraction of sp³-hybridized carbons (Fsp3) is 0.450. The summed E-state index contributed by atoms with van der Waals surface area (Å²) in [6.07, 6.45) is -3.74. The first-order valence-electron chi connectivity index (χ1n) is 9.47. The van der Waals surface area contributed by atoms with E-state index in [0.717, 1.165) is 17.9 Å². The van der Waals surface area contributed by atoms with E-state index in [1.165, 1.54) is 0 Å². The maximum atomic E-state index is 12.9. The molecule has 1 aromatic carbocycles. The molecule has 30 heavy (non-hydrogen) atoms. The number of furan rings is 1. The predicted octanol–water partition coefficient (Wildman–Crippen LogP) is 4.39. The van der Waals surface area contributed by atoms with Crippen molar-refractivity contribution in [3.63, 3.8) is 0 Å². The normalized spacial score (nSPS) is 15.3. The van der Waals surface area contributed by atoms with E-state index in [4.69, 9.17) is 4.42 Å². The number of anilines is 1. The van der Waals surface area contributed by atoms with Gasteiger partial charge < -0.3 is 14.2 Å². The van der Waals surface area contributed by atoms with Crippen LogP contribution >= 0.6 is 0 Å². The Labute approximate surface area is 171 Å². The summed E-state index contributed by atoms with van der Waals surface area (Å²) in [6, 6.07) is 6.17. The van der Waals surface area contributed by atoms with E-state index in [2.05, 4.69) is 0 Å². The average molecular weight is 425 g/mol. The van der Waals surface area contributed by atoms with Crippen molar-refractivity contribution in [2.75, 3.05) is 25.0 Å². The van der Waals surface area contributed by atoms with Crippen LogP contribution in [0.1, 0.15) is 29.9 Å². The van der Waals surface area contributed by atoms with Gasteiger partial charge in [0.05, 0.1) is 17.0 Å². The number of benzene rings is 1. The zero-order valence-electron chi connectivity index (χ0n) is 16.6. The van der Waals surface area contributed by atoms with E-state index in [1.807, 2.05) is 19.1 Å². The van der Waals surface area contributed by atoms with Crippen LogP contribution in [0.5, 0.6) is 0 Å². The topological polar surface area (TPSA) is 79.8 Å². The lowest BCUT2D eigenvalue weighted by molar-refractivity contribution is -0.384. The number of aryl methyl sites for hydroxylation is 1. The summed E-state index contributed by atoms with van der Waals surface area (Å²) in [5.74, 6) is 1.14. The Kier molecular flexibility index (Phi) is 6.04. The van der Waals surface area contributed by atoms with Crippen LogP contribution in [0, 0.1) is 23.0 Å². The Hall–Kier alpha value is -3.04. The maximum absolute atomic E-state index is 12.9. The number of halogens is 3. The zero-order valence-corrected chi connectivity index (χ0v) is 16.6. The molecule has 1 amide bonds. The van der Waals surface area contributed by atoms with Crippen LogP contribution in [0.2, 0.25) is 0 Å². The van der Waals surface area contributed by atoms with Gasteiger partial charge in [0.15, 0.2) is 0 Å². The molecule has 0 atom stereocenters. The third-order valence-electron chi connectivity index (χ3n) is 5.25. The van der Waals surface area contributed by atoms with Crippen LogP contribution < -0.4 is 4.90 Å². The van der Waals surface area contributed by atoms with Gasteiger partial charge in [-0.15, -0.1) is 0 Å². The molecule has 1 aliphatic rings. The van der Waals surface area contributed by atoms with Crippen molar-refractivity contribution >= 4 is 17.3 Å². The number of amides is 1. The third kappa shape index (κ3) is 4.74. The second kappa shape index (κ2) is 8.37. The fourth-order valence-corrected chi connectivity index (χ4v) is 3.67. The van der Waals surface area contributed by atoms with Gasteiger partial charge in [-0.05, 0) is 44.0 Å². The van der Waals surface area contributed by atoms with Crippen molar-refractivity contribution in [2.24, 2.45) is 5.92 Å². The average Bonchev–Trinajstić information content (AvgIpc) is 3.10. The van der Waals surface area contributed by atoms with Gasteiger partial charge in [0.25, 0.3) is 5.69 Å². The summed E-state index contributed by atoms with van der Waals surface area (Å²) >= 11 is 0. The Morgan fingerprint density at radius 3 is 2.47 bits per heavy atom. The molecule has 1 fully saturated rings. The Morgan fingerprint density at radius 2 is 1.93 bits per heavy atom. The lowest BCUT2D eigenvalue weighted by Crippen LogP contribution is -2.41. The van der Waals surface area contributed by atoms with Gasteiger partial charge in [0.1, 0.15) is 17.2 Å². The molecule has 2 heterocycles. The summed E-state index contributed by atoms with van der Waals surface area (Å²) in [5.41, 5.74) is -1.50. The van der Waals surface area contributed by atoms with Crippen molar-refractivity contribution in [2.45, 2.75) is 32.5 Å². The molecule has 10 heteroatoms. The highest BCUT2D eigenvalue weighted by molar-refractivity contribution is 5.79. The predicted molar refractivity (Wildman–Crippen MR) is 103 cm³/mol. The molecule has 0 saturated carbocycles. The molecule has 0 N–H and O–H groups in total. The first-order chi connectivity index (χ1) is 14.1. The maximum Gasteiger partial charge on any atom is 0.416 e. The fourth-order valence-electron chi connectivity index (χ4n) is 3.67. The molecule has 2 aromatic rings. The summed E-state index contributed by atoms with van der Waals surface area (Å²) in [7, 11) is 1.69. The monoisotopic (exact) mass is 425 g/mol. The van der Waals surface area contributed by atoms with Crippen molar-refractivity contribution in [3.05, 3.63) is 57.5 Å². The number of carbonyl (C=O) groups is 1. The second-order valence-corrected chi connectivity index (χ2v) is 7.43. The minimum atomic E-state index is -4.65. The van der Waals surface area contributed by atoms with Gasteiger partial charge in [0.2, 0.25) is 5.91 Å². The highest BCUT2D eigenvalue weighted by atomic mass is 19.4. The molecule has 0 aliphatic carbocycles. The van der Waals surface area contributed by atoms with Crippen molar-refractivity contribution < 1.29 is 27.3 Å². The van der Waals surface area contributed by atoms with Gasteiger partial charge in [-0.3, -0.25) is 14.9 Å². The van der Waals surface area contributed by atoms with E-state index < -0.39 is 22.4 Å².